The molecule has 0 radical (unpaired) electrons. The van der Waals surface area contributed by atoms with Gasteiger partial charge in [-0.05, 0) is 31.2 Å². The van der Waals surface area contributed by atoms with Gasteiger partial charge in [0.05, 0.1) is 5.41 Å². The quantitative estimate of drug-likeness (QED) is 0.769. The van der Waals surface area contributed by atoms with Gasteiger partial charge in [-0.15, -0.1) is 0 Å². The molecule has 1 atom stereocenters. The first kappa shape index (κ1) is 12.2. The van der Waals surface area contributed by atoms with Crippen molar-refractivity contribution in [3.05, 3.63) is 35.9 Å². The highest BCUT2D eigenvalue weighted by molar-refractivity contribution is 9.09. The van der Waals surface area contributed by atoms with Crippen molar-refractivity contribution in [2.45, 2.75) is 35.9 Å². The van der Waals surface area contributed by atoms with E-state index < -0.39 is 0 Å². The van der Waals surface area contributed by atoms with E-state index >= 15 is 0 Å². The molecule has 1 aromatic carbocycles. The second-order valence-corrected chi connectivity index (χ2v) is 6.73. The van der Waals surface area contributed by atoms with Gasteiger partial charge in [0.25, 0.3) is 0 Å². The second kappa shape index (κ2) is 4.69. The predicted molar refractivity (Wildman–Crippen MR) is 75.9 cm³/mol. The lowest BCUT2D eigenvalue weighted by molar-refractivity contribution is -0.134. The molecule has 3 heteroatoms. The molecule has 96 valence electrons. The van der Waals surface area contributed by atoms with Crippen LogP contribution in [0.25, 0.3) is 0 Å². The van der Waals surface area contributed by atoms with Crippen molar-refractivity contribution < 1.29 is 4.79 Å². The summed E-state index contributed by atoms with van der Waals surface area (Å²) in [5, 5.41) is 0. The molecule has 0 N–H and O–H groups in total. The lowest BCUT2D eigenvalue weighted by Crippen LogP contribution is -2.45. The zero-order valence-corrected chi connectivity index (χ0v) is 12.0. The fourth-order valence-corrected chi connectivity index (χ4v) is 3.59. The summed E-state index contributed by atoms with van der Waals surface area (Å²) in [4.78, 5) is 15.3. The van der Waals surface area contributed by atoms with Crippen LogP contribution < -0.4 is 0 Å². The molecule has 3 rings (SSSR count). The summed E-state index contributed by atoms with van der Waals surface area (Å²) in [6, 6.07) is 10.3. The Morgan fingerprint density at radius 2 is 2.00 bits per heavy atom. The maximum atomic E-state index is 12.7. The van der Waals surface area contributed by atoms with Gasteiger partial charge in [-0.25, -0.2) is 0 Å². The Labute approximate surface area is 116 Å². The summed E-state index contributed by atoms with van der Waals surface area (Å²) in [5.41, 5.74) is 1.01. The minimum Gasteiger partial charge on any atom is -0.341 e. The fraction of sp³-hybridized carbons (Fsp3) is 0.533. The van der Waals surface area contributed by atoms with Gasteiger partial charge >= 0.3 is 0 Å². The van der Waals surface area contributed by atoms with Crippen LogP contribution >= 0.6 is 15.9 Å². The Morgan fingerprint density at radius 3 is 2.61 bits per heavy atom. The Bertz CT molecular complexity index is 441. The number of halogens is 1. The molecule has 1 heterocycles. The number of alkyl halides is 1. The molecule has 1 aromatic rings. The highest BCUT2D eigenvalue weighted by Crippen LogP contribution is 2.49. The maximum Gasteiger partial charge on any atom is 0.233 e. The van der Waals surface area contributed by atoms with Gasteiger partial charge in [0.1, 0.15) is 0 Å². The van der Waals surface area contributed by atoms with Crippen molar-refractivity contribution in [3.63, 3.8) is 0 Å². The Balaban J connectivity index is 1.80. The highest BCUT2D eigenvalue weighted by Gasteiger charge is 2.53. The van der Waals surface area contributed by atoms with Crippen LogP contribution in [0.15, 0.2) is 30.3 Å². The lowest BCUT2D eigenvalue weighted by Gasteiger charge is -2.33. The van der Waals surface area contributed by atoms with E-state index in [-0.39, 0.29) is 5.41 Å². The van der Waals surface area contributed by atoms with Crippen LogP contribution in [-0.4, -0.2) is 28.7 Å². The number of benzene rings is 1. The number of carbonyl (C=O) groups excluding carboxylic acids is 1. The van der Waals surface area contributed by atoms with Crippen molar-refractivity contribution in [2.24, 2.45) is 0 Å². The largest absolute Gasteiger partial charge is 0.341 e. The van der Waals surface area contributed by atoms with Gasteiger partial charge in [-0.3, -0.25) is 4.79 Å². The third-order valence-electron chi connectivity index (χ3n) is 4.14. The number of piperidine rings is 1. The van der Waals surface area contributed by atoms with E-state index in [1.165, 1.54) is 12.0 Å². The summed E-state index contributed by atoms with van der Waals surface area (Å²) in [7, 11) is 0. The van der Waals surface area contributed by atoms with E-state index in [4.69, 9.17) is 0 Å². The van der Waals surface area contributed by atoms with E-state index in [2.05, 4.69) is 33.0 Å². The molecule has 0 spiro atoms. The Hall–Kier alpha value is -0.830. The number of carbonyl (C=O) groups is 1. The number of likely N-dealkylation sites (tertiary alicyclic amines) is 1. The van der Waals surface area contributed by atoms with Crippen LogP contribution in [0.5, 0.6) is 0 Å². The molecule has 0 aromatic heterocycles. The zero-order valence-electron chi connectivity index (χ0n) is 10.4. The molecule has 1 aliphatic heterocycles. The van der Waals surface area contributed by atoms with Crippen LogP contribution in [0.2, 0.25) is 0 Å². The number of nitrogens with zero attached hydrogens (tertiary/aromatic N) is 1. The van der Waals surface area contributed by atoms with Crippen molar-refractivity contribution in [2.75, 3.05) is 13.1 Å². The molecule has 2 aliphatic rings. The van der Waals surface area contributed by atoms with Crippen molar-refractivity contribution >= 4 is 21.8 Å². The van der Waals surface area contributed by atoms with Gasteiger partial charge in [-0.1, -0.05) is 46.3 Å². The highest BCUT2D eigenvalue weighted by atomic mass is 79.9. The monoisotopic (exact) mass is 307 g/mol. The van der Waals surface area contributed by atoms with Crippen molar-refractivity contribution in [3.8, 4) is 0 Å². The van der Waals surface area contributed by atoms with E-state index in [9.17, 15) is 4.79 Å². The first-order chi connectivity index (χ1) is 8.72. The molecule has 1 saturated carbocycles. The average Bonchev–Trinajstić information content (AvgIpc) is 3.20. The number of amides is 1. The number of hydrogen-bond acceptors (Lipinski definition) is 1. The Kier molecular flexibility index (Phi) is 3.18. The minimum atomic E-state index is -0.189. The maximum absolute atomic E-state index is 12.7. The molecule has 2 fully saturated rings. The molecule has 1 amide bonds. The summed E-state index contributed by atoms with van der Waals surface area (Å²) in [5.74, 6) is 0.345. The van der Waals surface area contributed by atoms with Gasteiger partial charge in [-0.2, -0.15) is 0 Å². The Morgan fingerprint density at radius 1 is 1.28 bits per heavy atom. The van der Waals surface area contributed by atoms with Crippen molar-refractivity contribution in [1.29, 1.82) is 0 Å². The lowest BCUT2D eigenvalue weighted by atomic mass is 9.93. The molecular formula is C15H18BrNO. The van der Waals surface area contributed by atoms with Crippen molar-refractivity contribution in [1.82, 2.24) is 4.90 Å². The van der Waals surface area contributed by atoms with Gasteiger partial charge in [0.2, 0.25) is 5.91 Å². The SMILES string of the molecule is O=C(N1CCCC(Br)C1)C1(c2ccccc2)CC1. The normalized spacial score (nSPS) is 25.8. The number of hydrogen-bond donors (Lipinski definition) is 0. The standard InChI is InChI=1S/C15H18BrNO/c16-13-7-4-10-17(11-13)14(18)15(8-9-15)12-5-2-1-3-6-12/h1-3,5-6,13H,4,7-11H2. The fourth-order valence-electron chi connectivity index (χ4n) is 2.92. The van der Waals surface area contributed by atoms with E-state index in [1.54, 1.807) is 0 Å². The summed E-state index contributed by atoms with van der Waals surface area (Å²) in [6.45, 7) is 1.79. The topological polar surface area (TPSA) is 20.3 Å². The van der Waals surface area contributed by atoms with E-state index in [1.807, 2.05) is 18.2 Å². The predicted octanol–water partition coefficient (Wildman–Crippen LogP) is 3.10. The van der Waals surface area contributed by atoms with Crippen LogP contribution in [-0.2, 0) is 10.2 Å². The molecule has 2 nitrogen and oxygen atoms in total. The summed E-state index contributed by atoms with van der Waals surface area (Å²) < 4.78 is 0. The van der Waals surface area contributed by atoms with Gasteiger partial charge < -0.3 is 4.90 Å². The minimum absolute atomic E-state index is 0.189. The van der Waals surface area contributed by atoms with Crippen LogP contribution in [0.1, 0.15) is 31.2 Å². The molecule has 1 aliphatic carbocycles. The molecule has 18 heavy (non-hydrogen) atoms. The summed E-state index contributed by atoms with van der Waals surface area (Å²) >= 11 is 3.65. The first-order valence-corrected chi connectivity index (χ1v) is 7.63. The van der Waals surface area contributed by atoms with Crippen LogP contribution in [0.3, 0.4) is 0 Å². The molecule has 1 saturated heterocycles. The van der Waals surface area contributed by atoms with Crippen LogP contribution in [0, 0.1) is 0 Å². The van der Waals surface area contributed by atoms with Crippen LogP contribution in [0.4, 0.5) is 0 Å². The van der Waals surface area contributed by atoms with E-state index in [0.29, 0.717) is 10.7 Å². The third kappa shape index (κ3) is 2.09. The molecule has 0 bridgehead atoms. The molecule has 1 unspecified atom stereocenters. The first-order valence-electron chi connectivity index (χ1n) is 6.71. The smallest absolute Gasteiger partial charge is 0.233 e. The van der Waals surface area contributed by atoms with Gasteiger partial charge in [0, 0.05) is 17.9 Å². The van der Waals surface area contributed by atoms with E-state index in [0.717, 1.165) is 32.4 Å². The number of rotatable bonds is 2. The third-order valence-corrected chi connectivity index (χ3v) is 4.88. The summed E-state index contributed by atoms with van der Waals surface area (Å²) in [6.07, 6.45) is 4.33. The zero-order chi connectivity index (χ0) is 12.6. The molecular weight excluding hydrogens is 290 g/mol. The van der Waals surface area contributed by atoms with Gasteiger partial charge in [0.15, 0.2) is 0 Å². The average molecular weight is 308 g/mol. The second-order valence-electron chi connectivity index (χ2n) is 5.44.